The van der Waals surface area contributed by atoms with Crippen LogP contribution in [0.3, 0.4) is 0 Å². The van der Waals surface area contributed by atoms with Crippen LogP contribution < -0.4 is 0 Å². The Hall–Kier alpha value is -2.13. The van der Waals surface area contributed by atoms with Crippen LogP contribution in [0.1, 0.15) is 10.4 Å². The normalized spacial score (nSPS) is 10.7. The molecule has 3 rings (SSSR count). The fourth-order valence-electron chi connectivity index (χ4n) is 1.93. The van der Waals surface area contributed by atoms with Crippen molar-refractivity contribution in [1.29, 1.82) is 0 Å². The molecule has 0 aliphatic heterocycles. The number of carboxylic acids is 1. The number of thiophene rings is 1. The van der Waals surface area contributed by atoms with Gasteiger partial charge in [-0.3, -0.25) is 0 Å². The van der Waals surface area contributed by atoms with E-state index in [1.54, 1.807) is 29.5 Å². The van der Waals surface area contributed by atoms with Gasteiger partial charge >= 0.3 is 5.97 Å². The number of benzene rings is 2. The van der Waals surface area contributed by atoms with E-state index in [4.69, 9.17) is 5.11 Å². The maximum Gasteiger partial charge on any atom is 0.335 e. The Labute approximate surface area is 108 Å². The second-order valence-electron chi connectivity index (χ2n) is 4.03. The van der Waals surface area contributed by atoms with Crippen molar-refractivity contribution in [1.82, 2.24) is 0 Å². The van der Waals surface area contributed by atoms with Crippen LogP contribution in [0.25, 0.3) is 20.5 Å². The van der Waals surface area contributed by atoms with E-state index in [-0.39, 0.29) is 0 Å². The minimum Gasteiger partial charge on any atom is -0.478 e. The highest BCUT2D eigenvalue weighted by molar-refractivity contribution is 7.22. The number of rotatable bonds is 2. The summed E-state index contributed by atoms with van der Waals surface area (Å²) in [7, 11) is 0. The molecule has 0 saturated carbocycles. The van der Waals surface area contributed by atoms with E-state index in [1.807, 2.05) is 18.2 Å². The molecule has 0 aliphatic rings. The van der Waals surface area contributed by atoms with Gasteiger partial charge in [0.15, 0.2) is 0 Å². The van der Waals surface area contributed by atoms with Crippen LogP contribution in [-0.4, -0.2) is 11.1 Å². The minimum atomic E-state index is -0.891. The average Bonchev–Trinajstić information content (AvgIpc) is 2.82. The summed E-state index contributed by atoms with van der Waals surface area (Å²) < 4.78 is 1.22. The van der Waals surface area contributed by atoms with E-state index < -0.39 is 5.97 Å². The molecule has 1 heterocycles. The Morgan fingerprint density at radius 1 is 1.00 bits per heavy atom. The van der Waals surface area contributed by atoms with Gasteiger partial charge in [0.1, 0.15) is 0 Å². The van der Waals surface area contributed by atoms with Crippen molar-refractivity contribution in [2.75, 3.05) is 0 Å². The molecular formula is C15H10O2S. The summed E-state index contributed by atoms with van der Waals surface area (Å²) >= 11 is 1.68. The fourth-order valence-corrected chi connectivity index (χ4v) is 2.99. The largest absolute Gasteiger partial charge is 0.478 e. The third-order valence-corrected chi connectivity index (χ3v) is 3.98. The summed E-state index contributed by atoms with van der Waals surface area (Å²) in [5, 5.41) is 10.2. The maximum absolute atomic E-state index is 11.0. The molecule has 0 amide bonds. The van der Waals surface area contributed by atoms with Gasteiger partial charge in [-0.1, -0.05) is 30.3 Å². The lowest BCUT2D eigenvalue weighted by molar-refractivity contribution is 0.0697. The van der Waals surface area contributed by atoms with Gasteiger partial charge in [-0.2, -0.15) is 0 Å². The molecule has 1 aromatic heterocycles. The topological polar surface area (TPSA) is 37.3 Å². The third-order valence-electron chi connectivity index (χ3n) is 2.82. The van der Waals surface area contributed by atoms with Crippen molar-refractivity contribution in [3.05, 3.63) is 60.2 Å². The van der Waals surface area contributed by atoms with Crippen molar-refractivity contribution in [3.8, 4) is 10.4 Å². The first-order chi connectivity index (χ1) is 8.74. The van der Waals surface area contributed by atoms with E-state index >= 15 is 0 Å². The summed E-state index contributed by atoms with van der Waals surface area (Å²) in [5.41, 5.74) is 1.28. The third kappa shape index (κ3) is 1.89. The smallest absolute Gasteiger partial charge is 0.335 e. The van der Waals surface area contributed by atoms with Crippen LogP contribution in [-0.2, 0) is 0 Å². The predicted molar refractivity (Wildman–Crippen MR) is 74.2 cm³/mol. The zero-order valence-corrected chi connectivity index (χ0v) is 10.3. The van der Waals surface area contributed by atoms with E-state index in [1.165, 1.54) is 10.1 Å². The van der Waals surface area contributed by atoms with Gasteiger partial charge in [0.25, 0.3) is 0 Å². The lowest BCUT2D eigenvalue weighted by Gasteiger charge is -1.98. The summed E-state index contributed by atoms with van der Waals surface area (Å²) in [5.74, 6) is -0.891. The molecule has 0 saturated heterocycles. The molecule has 0 unspecified atom stereocenters. The molecule has 2 aromatic carbocycles. The summed E-state index contributed by atoms with van der Waals surface area (Å²) in [6.07, 6.45) is 0. The summed E-state index contributed by atoms with van der Waals surface area (Å²) in [6.45, 7) is 0. The number of fused-ring (bicyclic) bond motifs is 1. The molecule has 0 aliphatic carbocycles. The Kier molecular flexibility index (Phi) is 2.61. The number of hydrogen-bond donors (Lipinski definition) is 1. The molecule has 1 N–H and O–H groups in total. The number of hydrogen-bond acceptors (Lipinski definition) is 2. The first-order valence-electron chi connectivity index (χ1n) is 5.56. The maximum atomic E-state index is 11.0. The highest BCUT2D eigenvalue weighted by atomic mass is 32.1. The molecule has 18 heavy (non-hydrogen) atoms. The first-order valence-corrected chi connectivity index (χ1v) is 6.38. The Morgan fingerprint density at radius 2 is 1.83 bits per heavy atom. The summed E-state index contributed by atoms with van der Waals surface area (Å²) in [4.78, 5) is 12.1. The van der Waals surface area contributed by atoms with Gasteiger partial charge in [0.05, 0.1) is 5.56 Å². The Bertz CT molecular complexity index is 695. The zero-order valence-electron chi connectivity index (χ0n) is 9.46. The lowest BCUT2D eigenvalue weighted by Crippen LogP contribution is -1.95. The molecule has 88 valence electrons. The number of aromatic carboxylic acids is 1. The summed E-state index contributed by atoms with van der Waals surface area (Å²) in [6, 6.07) is 17.3. The van der Waals surface area contributed by atoms with E-state index in [2.05, 4.69) is 18.2 Å². The van der Waals surface area contributed by atoms with Gasteiger partial charge in [-0.05, 0) is 35.2 Å². The van der Waals surface area contributed by atoms with E-state index in [0.717, 1.165) is 10.4 Å². The molecule has 3 heteroatoms. The SMILES string of the molecule is O=C(O)c1cccc(-c2cc3ccccc3s2)c1. The fraction of sp³-hybridized carbons (Fsp3) is 0. The highest BCUT2D eigenvalue weighted by Crippen LogP contribution is 2.33. The molecule has 0 radical (unpaired) electrons. The molecule has 0 fully saturated rings. The van der Waals surface area contributed by atoms with Crippen molar-refractivity contribution >= 4 is 27.4 Å². The molecule has 0 spiro atoms. The van der Waals surface area contributed by atoms with Crippen molar-refractivity contribution in [2.24, 2.45) is 0 Å². The van der Waals surface area contributed by atoms with Crippen molar-refractivity contribution in [3.63, 3.8) is 0 Å². The zero-order chi connectivity index (χ0) is 12.5. The van der Waals surface area contributed by atoms with E-state index in [0.29, 0.717) is 5.56 Å². The Morgan fingerprint density at radius 3 is 2.61 bits per heavy atom. The Balaban J connectivity index is 2.13. The molecule has 2 nitrogen and oxygen atoms in total. The molecule has 0 bridgehead atoms. The number of carboxylic acid groups (broad SMARTS) is 1. The van der Waals surface area contributed by atoms with Crippen LogP contribution in [0.15, 0.2) is 54.6 Å². The molecule has 3 aromatic rings. The van der Waals surface area contributed by atoms with Gasteiger partial charge < -0.3 is 5.11 Å². The monoisotopic (exact) mass is 254 g/mol. The van der Waals surface area contributed by atoms with Crippen LogP contribution in [0, 0.1) is 0 Å². The average molecular weight is 254 g/mol. The number of carbonyl (C=O) groups is 1. The predicted octanol–water partition coefficient (Wildman–Crippen LogP) is 4.27. The van der Waals surface area contributed by atoms with E-state index in [9.17, 15) is 4.79 Å². The van der Waals surface area contributed by atoms with Gasteiger partial charge in [0.2, 0.25) is 0 Å². The second kappa shape index (κ2) is 4.27. The van der Waals surface area contributed by atoms with Gasteiger partial charge in [-0.15, -0.1) is 11.3 Å². The van der Waals surface area contributed by atoms with Crippen LogP contribution in [0.5, 0.6) is 0 Å². The van der Waals surface area contributed by atoms with Crippen LogP contribution in [0.2, 0.25) is 0 Å². The van der Waals surface area contributed by atoms with Crippen LogP contribution in [0.4, 0.5) is 0 Å². The molecular weight excluding hydrogens is 244 g/mol. The van der Waals surface area contributed by atoms with Gasteiger partial charge in [0, 0.05) is 9.58 Å². The lowest BCUT2D eigenvalue weighted by atomic mass is 10.1. The quantitative estimate of drug-likeness (QED) is 0.741. The standard InChI is InChI=1S/C15H10O2S/c16-15(17)12-6-3-5-10(8-12)14-9-11-4-1-2-7-13(11)18-14/h1-9H,(H,16,17). The minimum absolute atomic E-state index is 0.324. The van der Waals surface area contributed by atoms with Gasteiger partial charge in [-0.25, -0.2) is 4.79 Å². The first kappa shape index (κ1) is 11.0. The molecule has 0 atom stereocenters. The second-order valence-corrected chi connectivity index (χ2v) is 5.12. The highest BCUT2D eigenvalue weighted by Gasteiger charge is 2.07. The van der Waals surface area contributed by atoms with Crippen molar-refractivity contribution < 1.29 is 9.90 Å². The van der Waals surface area contributed by atoms with Crippen molar-refractivity contribution in [2.45, 2.75) is 0 Å². The van der Waals surface area contributed by atoms with Crippen LogP contribution >= 0.6 is 11.3 Å².